The maximum Gasteiger partial charge on any atom is 0.496 e. The van der Waals surface area contributed by atoms with E-state index in [1.165, 1.54) is 14.0 Å². The third-order valence-corrected chi connectivity index (χ3v) is 4.11. The molecule has 0 spiro atoms. The van der Waals surface area contributed by atoms with Crippen LogP contribution >= 0.6 is 0 Å². The average molecular weight is 307 g/mol. The fourth-order valence-electron chi connectivity index (χ4n) is 2.08. The summed E-state index contributed by atoms with van der Waals surface area (Å²) in [7, 11) is 0.973. The van der Waals surface area contributed by atoms with E-state index in [-0.39, 0.29) is 12.6 Å². The van der Waals surface area contributed by atoms with Crippen molar-refractivity contribution in [3.8, 4) is 5.88 Å². The molecule has 0 amide bonds. The van der Waals surface area contributed by atoms with Gasteiger partial charge in [0, 0.05) is 12.4 Å². The molecule has 1 aliphatic heterocycles. The van der Waals surface area contributed by atoms with E-state index >= 15 is 0 Å². The van der Waals surface area contributed by atoms with Crippen molar-refractivity contribution in [2.75, 3.05) is 7.11 Å². The highest BCUT2D eigenvalue weighted by atomic mass is 16.7. The molecule has 1 aromatic heterocycles. The molecule has 0 N–H and O–H groups in total. The highest BCUT2D eigenvalue weighted by Gasteiger charge is 2.52. The van der Waals surface area contributed by atoms with E-state index in [9.17, 15) is 4.79 Å². The second kappa shape index (κ2) is 5.89. The van der Waals surface area contributed by atoms with Gasteiger partial charge in [0.2, 0.25) is 5.88 Å². The lowest BCUT2D eigenvalue weighted by Gasteiger charge is -2.32. The predicted octanol–water partition coefficient (Wildman–Crippen LogP) is 1.45. The topological polar surface area (TPSA) is 66.9 Å². The predicted molar refractivity (Wildman–Crippen MR) is 82.0 cm³/mol. The number of methoxy groups -OCH3 is 1. The molecular weight excluding hydrogens is 285 g/mol. The molecule has 22 heavy (non-hydrogen) atoms. The van der Waals surface area contributed by atoms with Gasteiger partial charge in [-0.1, -0.05) is 6.07 Å². The van der Waals surface area contributed by atoms with E-state index < -0.39 is 18.3 Å². The lowest BCUT2D eigenvalue weighted by Crippen LogP contribution is -2.41. The van der Waals surface area contributed by atoms with Crippen LogP contribution in [0.5, 0.6) is 5.88 Å². The van der Waals surface area contributed by atoms with Crippen LogP contribution in [-0.4, -0.2) is 36.4 Å². The number of rotatable bonds is 4. The molecule has 0 saturated carbocycles. The summed E-state index contributed by atoms with van der Waals surface area (Å²) in [6.07, 6.45) is 0. The first-order chi connectivity index (χ1) is 10.2. The lowest BCUT2D eigenvalue weighted by molar-refractivity contribution is -0.142. The number of hydrogen-bond acceptors (Lipinski definition) is 6. The number of pyridine rings is 1. The summed E-state index contributed by atoms with van der Waals surface area (Å²) in [6.45, 7) is 9.33. The van der Waals surface area contributed by atoms with Crippen molar-refractivity contribution in [3.05, 3.63) is 17.8 Å². The van der Waals surface area contributed by atoms with Gasteiger partial charge in [0.15, 0.2) is 0 Å². The number of hydrogen-bond donors (Lipinski definition) is 0. The zero-order chi connectivity index (χ0) is 16.5. The Hall–Kier alpha value is -1.60. The van der Waals surface area contributed by atoms with Crippen LogP contribution in [0.1, 0.15) is 40.3 Å². The van der Waals surface area contributed by atoms with E-state index in [2.05, 4.69) is 4.98 Å². The normalized spacial score (nSPS) is 19.1. The van der Waals surface area contributed by atoms with Crippen molar-refractivity contribution in [1.29, 1.82) is 0 Å². The van der Waals surface area contributed by atoms with E-state index in [4.69, 9.17) is 18.8 Å². The van der Waals surface area contributed by atoms with Gasteiger partial charge < -0.3 is 18.8 Å². The number of aromatic nitrogens is 1. The van der Waals surface area contributed by atoms with Gasteiger partial charge in [0.05, 0.1) is 24.0 Å². The molecule has 2 rings (SSSR count). The van der Waals surface area contributed by atoms with Crippen LogP contribution in [0.3, 0.4) is 0 Å². The second-order valence-electron chi connectivity index (χ2n) is 6.26. The smallest absolute Gasteiger partial charge is 0.481 e. The number of carbonyl (C=O) groups is 1. The molecule has 1 fully saturated rings. The zero-order valence-electron chi connectivity index (χ0n) is 13.9. The molecule has 0 bridgehead atoms. The number of ether oxygens (including phenoxy) is 2. The van der Waals surface area contributed by atoms with Gasteiger partial charge in [-0.25, -0.2) is 4.98 Å². The highest BCUT2D eigenvalue weighted by molar-refractivity contribution is 6.62. The van der Waals surface area contributed by atoms with Gasteiger partial charge in [0.25, 0.3) is 0 Å². The van der Waals surface area contributed by atoms with Crippen LogP contribution in [0, 0.1) is 0 Å². The summed E-state index contributed by atoms with van der Waals surface area (Å²) in [5, 5.41) is 0. The van der Waals surface area contributed by atoms with Gasteiger partial charge >= 0.3 is 13.1 Å². The summed E-state index contributed by atoms with van der Waals surface area (Å²) in [4.78, 5) is 15.4. The average Bonchev–Trinajstić information content (AvgIpc) is 2.64. The van der Waals surface area contributed by atoms with Crippen molar-refractivity contribution in [2.45, 2.75) is 52.4 Å². The summed E-state index contributed by atoms with van der Waals surface area (Å²) >= 11 is 0. The first-order valence-electron chi connectivity index (χ1n) is 7.19. The molecule has 1 aliphatic rings. The molecule has 120 valence electrons. The summed E-state index contributed by atoms with van der Waals surface area (Å²) < 4.78 is 22.2. The van der Waals surface area contributed by atoms with Crippen LogP contribution in [0.4, 0.5) is 0 Å². The van der Waals surface area contributed by atoms with Gasteiger partial charge in [-0.2, -0.15) is 0 Å². The molecule has 6 nitrogen and oxygen atoms in total. The van der Waals surface area contributed by atoms with Gasteiger partial charge in [-0.15, -0.1) is 0 Å². The quantitative estimate of drug-likeness (QED) is 0.619. The fraction of sp³-hybridized carbons (Fsp3) is 0.600. The Morgan fingerprint density at radius 1 is 1.23 bits per heavy atom. The minimum Gasteiger partial charge on any atom is -0.481 e. The van der Waals surface area contributed by atoms with Crippen molar-refractivity contribution in [1.82, 2.24) is 4.98 Å². The first kappa shape index (κ1) is 16.8. The van der Waals surface area contributed by atoms with E-state index in [1.54, 1.807) is 6.07 Å². The molecule has 2 heterocycles. The van der Waals surface area contributed by atoms with Crippen LogP contribution in [0.25, 0.3) is 0 Å². The Balaban J connectivity index is 2.32. The molecule has 0 unspecified atom stereocenters. The Morgan fingerprint density at radius 2 is 1.82 bits per heavy atom. The fourth-order valence-corrected chi connectivity index (χ4v) is 2.08. The Labute approximate surface area is 131 Å². The highest BCUT2D eigenvalue weighted by Crippen LogP contribution is 2.36. The van der Waals surface area contributed by atoms with Crippen molar-refractivity contribution in [3.63, 3.8) is 0 Å². The van der Waals surface area contributed by atoms with Crippen LogP contribution in [-0.2, 0) is 25.4 Å². The second-order valence-corrected chi connectivity index (χ2v) is 6.26. The molecule has 7 heteroatoms. The maximum atomic E-state index is 11.1. The summed E-state index contributed by atoms with van der Waals surface area (Å²) in [6, 6.07) is 3.56. The van der Waals surface area contributed by atoms with Crippen LogP contribution < -0.4 is 10.2 Å². The zero-order valence-corrected chi connectivity index (χ0v) is 13.9. The van der Waals surface area contributed by atoms with Crippen LogP contribution in [0.15, 0.2) is 12.1 Å². The number of nitrogens with zero attached hydrogens (tertiary/aromatic N) is 1. The minimum atomic E-state index is -0.561. The summed E-state index contributed by atoms with van der Waals surface area (Å²) in [5.74, 6) is 0.0758. The first-order valence-corrected chi connectivity index (χ1v) is 7.19. The van der Waals surface area contributed by atoms with Gasteiger partial charge in [0.1, 0.15) is 6.61 Å². The van der Waals surface area contributed by atoms with E-state index in [0.717, 1.165) is 5.46 Å². The molecule has 1 saturated heterocycles. The molecule has 1 aromatic rings. The van der Waals surface area contributed by atoms with Crippen LogP contribution in [0.2, 0.25) is 0 Å². The molecule has 0 radical (unpaired) electrons. The SMILES string of the molecule is COc1ccc(B2OC(C)(C)C(C)(C)O2)c(COC(C)=O)n1. The number of carbonyl (C=O) groups excluding carboxylic acids is 1. The third-order valence-electron chi connectivity index (χ3n) is 4.11. The monoisotopic (exact) mass is 307 g/mol. The standard InChI is InChI=1S/C15H22BNO5/c1-10(18)20-9-12-11(7-8-13(17-12)19-6)16-21-14(2,3)15(4,5)22-16/h7-8H,9H2,1-6H3. The van der Waals surface area contributed by atoms with Crippen molar-refractivity contribution < 1.29 is 23.6 Å². The molecule has 0 aliphatic carbocycles. The van der Waals surface area contributed by atoms with Crippen molar-refractivity contribution in [2.24, 2.45) is 0 Å². The van der Waals surface area contributed by atoms with Gasteiger partial charge in [-0.3, -0.25) is 4.79 Å². The molecular formula is C15H22BNO5. The van der Waals surface area contributed by atoms with E-state index in [1.807, 2.05) is 33.8 Å². The Morgan fingerprint density at radius 3 is 2.32 bits per heavy atom. The largest absolute Gasteiger partial charge is 0.496 e. The third kappa shape index (κ3) is 3.25. The molecule has 0 atom stereocenters. The number of esters is 1. The molecule has 0 aromatic carbocycles. The van der Waals surface area contributed by atoms with Gasteiger partial charge in [-0.05, 0) is 33.8 Å². The Kier molecular flexibility index (Phi) is 4.49. The minimum absolute atomic E-state index is 0.0476. The van der Waals surface area contributed by atoms with E-state index in [0.29, 0.717) is 11.6 Å². The lowest BCUT2D eigenvalue weighted by atomic mass is 9.78. The Bertz CT molecular complexity index is 557. The summed E-state index contributed by atoms with van der Waals surface area (Å²) in [5.41, 5.74) is 0.404. The van der Waals surface area contributed by atoms with Crippen molar-refractivity contribution >= 4 is 18.6 Å². The maximum absolute atomic E-state index is 11.1.